The first kappa shape index (κ1) is 27.8. The maximum atomic E-state index is 5.04. The number of hydrogen-bond donors (Lipinski definition) is 0. The summed E-state index contributed by atoms with van der Waals surface area (Å²) in [5.41, 5.74) is 8.70. The van der Waals surface area contributed by atoms with Gasteiger partial charge >= 0.3 is 0 Å². The highest BCUT2D eigenvalue weighted by Gasteiger charge is 2.20. The average molecular weight is 645 g/mol. The Labute approximate surface area is 286 Å². The molecule has 0 aliphatic rings. The molecule has 0 saturated heterocycles. The third kappa shape index (κ3) is 4.44. The number of rotatable bonds is 5. The van der Waals surface area contributed by atoms with Crippen LogP contribution in [0.2, 0.25) is 0 Å². The fourth-order valence-electron chi connectivity index (χ4n) is 7.26. The monoisotopic (exact) mass is 644 g/mol. The van der Waals surface area contributed by atoms with E-state index in [1.54, 1.807) is 6.20 Å². The summed E-state index contributed by atoms with van der Waals surface area (Å²) in [6, 6.07) is 58.4. The van der Waals surface area contributed by atoms with Crippen LogP contribution < -0.4 is 4.90 Å². The first-order valence-electron chi connectivity index (χ1n) is 16.4. The zero-order valence-electron chi connectivity index (χ0n) is 26.4. The van der Waals surface area contributed by atoms with Crippen LogP contribution in [0.15, 0.2) is 170 Å². The highest BCUT2D eigenvalue weighted by Crippen LogP contribution is 2.45. The lowest BCUT2D eigenvalue weighted by Gasteiger charge is -2.26. The minimum absolute atomic E-state index is 0.738. The summed E-state index contributed by atoms with van der Waals surface area (Å²) in [5, 5.41) is 6.01. The molecule has 4 heterocycles. The Kier molecular flexibility index (Phi) is 6.32. The highest BCUT2D eigenvalue weighted by molar-refractivity contribution is 7.26. The molecule has 5 heteroatoms. The van der Waals surface area contributed by atoms with E-state index in [0.29, 0.717) is 0 Å². The number of para-hydroxylation sites is 3. The lowest BCUT2D eigenvalue weighted by molar-refractivity contribution is 1.09. The molecule has 0 bridgehead atoms. The SMILES string of the molecule is c1ccc(N(c2ccc(-c3cccc4c5ccccc5n(-c5ccc6cccnc6n5)c34)cc2)c2cccc3c2sc2ccccc23)cc1. The van der Waals surface area contributed by atoms with Crippen molar-refractivity contribution >= 4 is 81.4 Å². The number of fused-ring (bicyclic) bond motifs is 7. The number of benzene rings is 6. The van der Waals surface area contributed by atoms with Gasteiger partial charge in [-0.2, -0.15) is 0 Å². The molecule has 0 radical (unpaired) electrons. The predicted octanol–water partition coefficient (Wildman–Crippen LogP) is 12.2. The molecule has 6 aromatic carbocycles. The van der Waals surface area contributed by atoms with Crippen molar-refractivity contribution in [3.05, 3.63) is 170 Å². The predicted molar refractivity (Wildman–Crippen MR) is 207 cm³/mol. The third-order valence-corrected chi connectivity index (χ3v) is 10.7. The molecule has 4 nitrogen and oxygen atoms in total. The number of hydrogen-bond acceptors (Lipinski definition) is 4. The second-order valence-corrected chi connectivity index (χ2v) is 13.3. The minimum Gasteiger partial charge on any atom is -0.309 e. The third-order valence-electron chi connectivity index (χ3n) is 9.45. The zero-order valence-corrected chi connectivity index (χ0v) is 27.2. The molecule has 0 unspecified atom stereocenters. The first-order valence-corrected chi connectivity index (χ1v) is 17.2. The van der Waals surface area contributed by atoms with Crippen LogP contribution in [0.1, 0.15) is 0 Å². The normalized spacial score (nSPS) is 11.7. The summed E-state index contributed by atoms with van der Waals surface area (Å²) < 4.78 is 4.87. The van der Waals surface area contributed by atoms with Gasteiger partial charge in [-0.05, 0) is 72.3 Å². The van der Waals surface area contributed by atoms with Crippen LogP contribution in [-0.4, -0.2) is 14.5 Å². The number of aromatic nitrogens is 3. The second kappa shape index (κ2) is 11.2. The number of anilines is 3. The summed E-state index contributed by atoms with van der Waals surface area (Å²) in [4.78, 5) is 12.0. The molecule has 0 fully saturated rings. The molecule has 230 valence electrons. The van der Waals surface area contributed by atoms with Gasteiger partial charge in [0.05, 0.1) is 21.4 Å². The largest absolute Gasteiger partial charge is 0.309 e. The smallest absolute Gasteiger partial charge is 0.161 e. The van der Waals surface area contributed by atoms with Gasteiger partial charge < -0.3 is 4.90 Å². The molecular weight excluding hydrogens is 617 g/mol. The topological polar surface area (TPSA) is 34.0 Å². The van der Waals surface area contributed by atoms with Gasteiger partial charge in [0.25, 0.3) is 0 Å². The molecule has 10 aromatic rings. The van der Waals surface area contributed by atoms with Crippen LogP contribution in [0.5, 0.6) is 0 Å². The quantitative estimate of drug-likeness (QED) is 0.187. The van der Waals surface area contributed by atoms with E-state index in [-0.39, 0.29) is 0 Å². The van der Waals surface area contributed by atoms with Gasteiger partial charge in [-0.1, -0.05) is 97.1 Å². The van der Waals surface area contributed by atoms with Crippen molar-refractivity contribution in [3.8, 4) is 16.9 Å². The Bertz CT molecular complexity index is 2830. The second-order valence-electron chi connectivity index (χ2n) is 12.2. The van der Waals surface area contributed by atoms with Gasteiger partial charge in [-0.15, -0.1) is 11.3 Å². The standard InChI is InChI=1S/C44H28N4S/c1-2-12-31(13-3-1)47(39-20-9-18-37-35-15-5-7-21-40(35)49-43(37)39)32-25-22-29(23-26-32)33-16-8-17-36-34-14-4-6-19-38(34)48(42(33)36)41-27-24-30-11-10-28-45-44(30)46-41/h1-28H. The maximum Gasteiger partial charge on any atom is 0.161 e. The van der Waals surface area contributed by atoms with Gasteiger partial charge in [0.15, 0.2) is 5.65 Å². The van der Waals surface area contributed by atoms with Crippen LogP contribution in [-0.2, 0) is 0 Å². The maximum absolute atomic E-state index is 5.04. The number of nitrogens with zero attached hydrogens (tertiary/aromatic N) is 4. The molecule has 49 heavy (non-hydrogen) atoms. The van der Waals surface area contributed by atoms with E-state index in [9.17, 15) is 0 Å². The van der Waals surface area contributed by atoms with Crippen molar-refractivity contribution < 1.29 is 0 Å². The van der Waals surface area contributed by atoms with Gasteiger partial charge in [-0.25, -0.2) is 9.97 Å². The van der Waals surface area contributed by atoms with E-state index < -0.39 is 0 Å². The summed E-state index contributed by atoms with van der Waals surface area (Å²) in [6.07, 6.45) is 1.80. The summed E-state index contributed by atoms with van der Waals surface area (Å²) >= 11 is 1.85. The molecule has 0 amide bonds. The first-order chi connectivity index (χ1) is 24.3. The Morgan fingerprint density at radius 2 is 1.27 bits per heavy atom. The van der Waals surface area contributed by atoms with Crippen molar-refractivity contribution in [3.63, 3.8) is 0 Å². The lowest BCUT2D eigenvalue weighted by atomic mass is 10.0. The van der Waals surface area contributed by atoms with Crippen LogP contribution in [0, 0.1) is 0 Å². The van der Waals surface area contributed by atoms with E-state index in [1.807, 2.05) is 17.4 Å². The molecule has 0 N–H and O–H groups in total. The van der Waals surface area contributed by atoms with Crippen molar-refractivity contribution in [1.29, 1.82) is 0 Å². The van der Waals surface area contributed by atoms with Crippen LogP contribution in [0.4, 0.5) is 17.1 Å². The van der Waals surface area contributed by atoms with Crippen LogP contribution in [0.25, 0.3) is 70.0 Å². The van der Waals surface area contributed by atoms with Crippen molar-refractivity contribution in [1.82, 2.24) is 14.5 Å². The van der Waals surface area contributed by atoms with Gasteiger partial charge in [0.2, 0.25) is 0 Å². The van der Waals surface area contributed by atoms with E-state index in [4.69, 9.17) is 4.98 Å². The van der Waals surface area contributed by atoms with Gasteiger partial charge in [0, 0.05) is 54.8 Å². The molecule has 4 aromatic heterocycles. The fraction of sp³-hybridized carbons (Fsp3) is 0. The summed E-state index contributed by atoms with van der Waals surface area (Å²) in [7, 11) is 0. The van der Waals surface area contributed by atoms with E-state index in [1.165, 1.54) is 36.6 Å². The van der Waals surface area contributed by atoms with Gasteiger partial charge in [0.1, 0.15) is 5.82 Å². The zero-order chi connectivity index (χ0) is 32.3. The Hall–Kier alpha value is -6.30. The van der Waals surface area contributed by atoms with Gasteiger partial charge in [-0.3, -0.25) is 4.57 Å². The van der Waals surface area contributed by atoms with Crippen LogP contribution in [0.3, 0.4) is 0 Å². The fourth-order valence-corrected chi connectivity index (χ4v) is 8.47. The minimum atomic E-state index is 0.738. The molecule has 0 spiro atoms. The molecule has 10 rings (SSSR count). The molecule has 0 atom stereocenters. The molecular formula is C44H28N4S. The molecule has 0 saturated carbocycles. The van der Waals surface area contributed by atoms with Crippen LogP contribution >= 0.6 is 11.3 Å². The van der Waals surface area contributed by atoms with Crippen molar-refractivity contribution in [2.24, 2.45) is 0 Å². The Morgan fingerprint density at radius 1 is 0.531 bits per heavy atom. The molecule has 0 aliphatic carbocycles. The lowest BCUT2D eigenvalue weighted by Crippen LogP contribution is -2.09. The van der Waals surface area contributed by atoms with Crippen molar-refractivity contribution in [2.45, 2.75) is 0 Å². The van der Waals surface area contributed by atoms with E-state index in [2.05, 4.69) is 172 Å². The average Bonchev–Trinajstić information content (AvgIpc) is 3.72. The Morgan fingerprint density at radius 3 is 2.16 bits per heavy atom. The number of pyridine rings is 2. The Balaban J connectivity index is 1.16. The molecule has 0 aliphatic heterocycles. The summed E-state index contributed by atoms with van der Waals surface area (Å²) in [5.74, 6) is 0.855. The van der Waals surface area contributed by atoms with E-state index >= 15 is 0 Å². The number of thiophene rings is 1. The van der Waals surface area contributed by atoms with Crippen molar-refractivity contribution in [2.75, 3.05) is 4.90 Å². The highest BCUT2D eigenvalue weighted by atomic mass is 32.1. The summed E-state index contributed by atoms with van der Waals surface area (Å²) in [6.45, 7) is 0. The van der Waals surface area contributed by atoms with E-state index in [0.717, 1.165) is 50.4 Å².